The van der Waals surface area contributed by atoms with Gasteiger partial charge in [0.2, 0.25) is 11.7 Å². The van der Waals surface area contributed by atoms with Gasteiger partial charge in [0, 0.05) is 18.0 Å². The molecule has 0 atom stereocenters. The second-order valence-corrected chi connectivity index (χ2v) is 3.65. The molecular weight excluding hydrogens is 232 g/mol. The van der Waals surface area contributed by atoms with Gasteiger partial charge >= 0.3 is 5.97 Å². The summed E-state index contributed by atoms with van der Waals surface area (Å²) >= 11 is 0. The van der Waals surface area contributed by atoms with Crippen LogP contribution in [0.2, 0.25) is 0 Å². The molecule has 0 saturated carbocycles. The highest BCUT2D eigenvalue weighted by molar-refractivity contribution is 5.87. The first kappa shape index (κ1) is 12.2. The van der Waals surface area contributed by atoms with Gasteiger partial charge in [-0.2, -0.15) is 0 Å². The predicted octanol–water partition coefficient (Wildman–Crippen LogP) is 2.66. The maximum Gasteiger partial charge on any atom is 0.376 e. The number of rotatable bonds is 4. The molecule has 2 aromatic rings. The van der Waals surface area contributed by atoms with Gasteiger partial charge in [-0.1, -0.05) is 0 Å². The van der Waals surface area contributed by atoms with E-state index in [-0.39, 0.29) is 5.76 Å². The first-order valence-corrected chi connectivity index (χ1v) is 5.66. The van der Waals surface area contributed by atoms with Gasteiger partial charge in [-0.3, -0.25) is 0 Å². The minimum Gasteiger partial charge on any atom is -0.460 e. The largest absolute Gasteiger partial charge is 0.460 e. The molecule has 0 saturated heterocycles. The standard InChI is InChI=1S/C13H14N2O3/c1-3-17-13(16)12-9(2)15-11(18-12)7-6-10-5-4-8-14-10/h4-8,14H,3H2,1-2H3. The minimum atomic E-state index is -0.484. The lowest BCUT2D eigenvalue weighted by molar-refractivity contribution is 0.0488. The normalized spacial score (nSPS) is 11.0. The number of aromatic amines is 1. The highest BCUT2D eigenvalue weighted by atomic mass is 16.5. The zero-order valence-electron chi connectivity index (χ0n) is 10.3. The summed E-state index contributed by atoms with van der Waals surface area (Å²) in [4.78, 5) is 18.7. The average molecular weight is 246 g/mol. The number of nitrogens with zero attached hydrogens (tertiary/aromatic N) is 1. The van der Waals surface area contributed by atoms with E-state index in [1.165, 1.54) is 0 Å². The fourth-order valence-corrected chi connectivity index (χ4v) is 1.48. The summed E-state index contributed by atoms with van der Waals surface area (Å²) in [6.07, 6.45) is 5.34. The fraction of sp³-hybridized carbons (Fsp3) is 0.231. The zero-order valence-corrected chi connectivity index (χ0v) is 10.3. The third kappa shape index (κ3) is 2.68. The molecule has 0 aliphatic heterocycles. The molecule has 2 rings (SSSR count). The molecule has 0 fully saturated rings. The van der Waals surface area contributed by atoms with Crippen molar-refractivity contribution in [1.29, 1.82) is 0 Å². The molecule has 0 aliphatic carbocycles. The van der Waals surface area contributed by atoms with Crippen molar-refractivity contribution >= 4 is 18.1 Å². The molecule has 2 heterocycles. The van der Waals surface area contributed by atoms with Crippen molar-refractivity contribution in [3.05, 3.63) is 41.4 Å². The summed E-state index contributed by atoms with van der Waals surface area (Å²) in [6, 6.07) is 3.81. The van der Waals surface area contributed by atoms with Crippen LogP contribution in [0.25, 0.3) is 12.2 Å². The van der Waals surface area contributed by atoms with E-state index in [1.807, 2.05) is 24.4 Å². The van der Waals surface area contributed by atoms with Gasteiger partial charge in [0.25, 0.3) is 0 Å². The van der Waals surface area contributed by atoms with Gasteiger partial charge in [-0.15, -0.1) is 0 Å². The second-order valence-electron chi connectivity index (χ2n) is 3.65. The molecule has 0 aliphatic rings. The minimum absolute atomic E-state index is 0.156. The topological polar surface area (TPSA) is 68.1 Å². The van der Waals surface area contributed by atoms with E-state index >= 15 is 0 Å². The summed E-state index contributed by atoms with van der Waals surface area (Å²) in [7, 11) is 0. The fourth-order valence-electron chi connectivity index (χ4n) is 1.48. The number of esters is 1. The Hall–Kier alpha value is -2.30. The third-order valence-corrected chi connectivity index (χ3v) is 2.30. The summed E-state index contributed by atoms with van der Waals surface area (Å²) in [5.41, 5.74) is 1.46. The molecule has 94 valence electrons. The Balaban J connectivity index is 2.16. The van der Waals surface area contributed by atoms with Crippen molar-refractivity contribution in [2.24, 2.45) is 0 Å². The van der Waals surface area contributed by atoms with Gasteiger partial charge in [-0.25, -0.2) is 9.78 Å². The quantitative estimate of drug-likeness (QED) is 0.842. The van der Waals surface area contributed by atoms with Crippen LogP contribution in [0.4, 0.5) is 0 Å². The number of carbonyl (C=O) groups is 1. The summed E-state index contributed by atoms with van der Waals surface area (Å²) in [5.74, 6) is 0.0511. The van der Waals surface area contributed by atoms with Gasteiger partial charge in [0.1, 0.15) is 0 Å². The van der Waals surface area contributed by atoms with E-state index in [0.717, 1.165) is 5.69 Å². The first-order chi connectivity index (χ1) is 8.70. The molecule has 18 heavy (non-hydrogen) atoms. The van der Waals surface area contributed by atoms with Crippen LogP contribution in [0.1, 0.15) is 34.8 Å². The molecule has 0 bridgehead atoms. The number of hydrogen-bond acceptors (Lipinski definition) is 4. The number of hydrogen-bond donors (Lipinski definition) is 1. The van der Waals surface area contributed by atoms with Crippen molar-refractivity contribution in [2.75, 3.05) is 6.61 Å². The highest BCUT2D eigenvalue weighted by Crippen LogP contribution is 2.14. The first-order valence-electron chi connectivity index (χ1n) is 5.66. The van der Waals surface area contributed by atoms with Crippen LogP contribution in [-0.4, -0.2) is 22.5 Å². The Labute approximate surface area is 104 Å². The van der Waals surface area contributed by atoms with Crippen LogP contribution in [0, 0.1) is 6.92 Å². The highest BCUT2D eigenvalue weighted by Gasteiger charge is 2.17. The maximum atomic E-state index is 11.5. The van der Waals surface area contributed by atoms with Crippen molar-refractivity contribution in [3.63, 3.8) is 0 Å². The monoisotopic (exact) mass is 246 g/mol. The molecule has 2 aromatic heterocycles. The molecule has 0 spiro atoms. The Morgan fingerprint density at radius 1 is 1.56 bits per heavy atom. The molecule has 0 radical (unpaired) electrons. The summed E-state index contributed by atoms with van der Waals surface area (Å²) in [5, 5.41) is 0. The molecule has 0 unspecified atom stereocenters. The van der Waals surface area contributed by atoms with E-state index in [2.05, 4.69) is 9.97 Å². The third-order valence-electron chi connectivity index (χ3n) is 2.30. The lowest BCUT2D eigenvalue weighted by Crippen LogP contribution is -2.04. The van der Waals surface area contributed by atoms with E-state index in [4.69, 9.17) is 9.15 Å². The predicted molar refractivity (Wildman–Crippen MR) is 66.9 cm³/mol. The number of H-pyrrole nitrogens is 1. The zero-order chi connectivity index (χ0) is 13.0. The number of ether oxygens (including phenoxy) is 1. The Bertz CT molecular complexity index is 553. The van der Waals surface area contributed by atoms with Crippen LogP contribution >= 0.6 is 0 Å². The Morgan fingerprint density at radius 2 is 2.39 bits per heavy atom. The number of aryl methyl sites for hydroxylation is 1. The lowest BCUT2D eigenvalue weighted by atomic mass is 10.4. The molecular formula is C13H14N2O3. The molecule has 5 heteroatoms. The summed E-state index contributed by atoms with van der Waals surface area (Å²) < 4.78 is 10.2. The number of aromatic nitrogens is 2. The van der Waals surface area contributed by atoms with E-state index in [9.17, 15) is 4.79 Å². The Morgan fingerprint density at radius 3 is 3.06 bits per heavy atom. The summed E-state index contributed by atoms with van der Waals surface area (Å²) in [6.45, 7) is 3.77. The van der Waals surface area contributed by atoms with Crippen LogP contribution in [0.15, 0.2) is 22.7 Å². The van der Waals surface area contributed by atoms with Crippen LogP contribution in [0.3, 0.4) is 0 Å². The van der Waals surface area contributed by atoms with Gasteiger partial charge in [0.05, 0.1) is 12.3 Å². The van der Waals surface area contributed by atoms with Crippen LogP contribution < -0.4 is 0 Å². The van der Waals surface area contributed by atoms with Gasteiger partial charge < -0.3 is 14.1 Å². The molecule has 0 amide bonds. The number of oxazole rings is 1. The van der Waals surface area contributed by atoms with Crippen molar-refractivity contribution in [1.82, 2.24) is 9.97 Å². The van der Waals surface area contributed by atoms with Crippen molar-refractivity contribution in [3.8, 4) is 0 Å². The number of carbonyl (C=O) groups excluding carboxylic acids is 1. The van der Waals surface area contributed by atoms with Gasteiger partial charge in [0.15, 0.2) is 0 Å². The van der Waals surface area contributed by atoms with E-state index < -0.39 is 5.97 Å². The van der Waals surface area contributed by atoms with Crippen LogP contribution in [0.5, 0.6) is 0 Å². The maximum absolute atomic E-state index is 11.5. The smallest absolute Gasteiger partial charge is 0.376 e. The van der Waals surface area contributed by atoms with Crippen molar-refractivity contribution < 1.29 is 13.9 Å². The van der Waals surface area contributed by atoms with Gasteiger partial charge in [-0.05, 0) is 32.1 Å². The second kappa shape index (κ2) is 5.35. The molecule has 0 aromatic carbocycles. The van der Waals surface area contributed by atoms with Crippen molar-refractivity contribution in [2.45, 2.75) is 13.8 Å². The van der Waals surface area contributed by atoms with Crippen LogP contribution in [-0.2, 0) is 4.74 Å². The molecule has 1 N–H and O–H groups in total. The SMILES string of the molecule is CCOC(=O)c1oc(C=Cc2ccc[nH]2)nc1C. The van der Waals surface area contributed by atoms with E-state index in [1.54, 1.807) is 19.9 Å². The lowest BCUT2D eigenvalue weighted by Gasteiger charge is -1.96. The average Bonchev–Trinajstić information content (AvgIpc) is 2.96. The van der Waals surface area contributed by atoms with E-state index in [0.29, 0.717) is 18.2 Å². The molecule has 5 nitrogen and oxygen atoms in total. The Kier molecular flexibility index (Phi) is 3.62. The number of nitrogens with one attached hydrogen (secondary N) is 1.